The maximum atomic E-state index is 14.6. The number of hydrogen-bond acceptors (Lipinski definition) is 6. The molecule has 0 saturated carbocycles. The summed E-state index contributed by atoms with van der Waals surface area (Å²) in [4.78, 5) is 11.6. The standard InChI is InChI=1S/C17H17ClF3N5O2S/c1-17(8-29(27,28)26(2)16(22)25-17)10-3-9(5-12(20)15(10)21)4-11(19)13-6-24-14(18)7-23-13/h4-7,10H,3,8H2,1-2H3,(H2,22,25)/b11-4-/t10?,17-/m0/s1. The molecule has 7 nitrogen and oxygen atoms in total. The minimum absolute atomic E-state index is 0.0707. The largest absolute Gasteiger partial charge is 0.369 e. The van der Waals surface area contributed by atoms with Crippen molar-refractivity contribution in [3.8, 4) is 0 Å². The van der Waals surface area contributed by atoms with Gasteiger partial charge in [-0.3, -0.25) is 0 Å². The van der Waals surface area contributed by atoms with Gasteiger partial charge in [-0.15, -0.1) is 0 Å². The number of guanidine groups is 1. The molecule has 156 valence electrons. The summed E-state index contributed by atoms with van der Waals surface area (Å²) >= 11 is 5.61. The molecule has 29 heavy (non-hydrogen) atoms. The number of hydrogen-bond donors (Lipinski definition) is 1. The van der Waals surface area contributed by atoms with E-state index in [9.17, 15) is 21.6 Å². The van der Waals surface area contributed by atoms with Gasteiger partial charge in [-0.25, -0.2) is 40.9 Å². The van der Waals surface area contributed by atoms with Crippen LogP contribution in [0.5, 0.6) is 0 Å². The lowest BCUT2D eigenvalue weighted by Gasteiger charge is -2.40. The second-order valence-corrected chi connectivity index (χ2v) is 9.33. The molecule has 1 aliphatic heterocycles. The summed E-state index contributed by atoms with van der Waals surface area (Å²) in [5.41, 5.74) is 4.05. The van der Waals surface area contributed by atoms with Crippen LogP contribution in [0.4, 0.5) is 13.2 Å². The zero-order chi connectivity index (χ0) is 21.6. The number of nitrogens with two attached hydrogens (primary N) is 1. The van der Waals surface area contributed by atoms with Crippen molar-refractivity contribution in [2.24, 2.45) is 16.6 Å². The van der Waals surface area contributed by atoms with E-state index in [0.717, 1.165) is 28.9 Å². The van der Waals surface area contributed by atoms with Gasteiger partial charge in [0.05, 0.1) is 23.7 Å². The lowest BCUT2D eigenvalue weighted by atomic mass is 9.79. The summed E-state index contributed by atoms with van der Waals surface area (Å²) in [7, 11) is -2.65. The first-order valence-electron chi connectivity index (χ1n) is 8.36. The Morgan fingerprint density at radius 3 is 2.66 bits per heavy atom. The molecule has 1 aliphatic carbocycles. The highest BCUT2D eigenvalue weighted by atomic mass is 35.5. The number of aliphatic imine (C=N–C) groups is 1. The van der Waals surface area contributed by atoms with Gasteiger partial charge in [-0.2, -0.15) is 0 Å². The van der Waals surface area contributed by atoms with Crippen LogP contribution in [0, 0.1) is 5.92 Å². The molecular formula is C17H17ClF3N5O2S. The Balaban J connectivity index is 1.97. The van der Waals surface area contributed by atoms with E-state index in [1.165, 1.54) is 14.0 Å². The highest BCUT2D eigenvalue weighted by Gasteiger charge is 2.47. The molecule has 0 fully saturated rings. The number of sulfonamides is 1. The molecule has 1 aromatic rings. The molecule has 0 radical (unpaired) electrons. The predicted molar refractivity (Wildman–Crippen MR) is 103 cm³/mol. The molecule has 0 spiro atoms. The lowest BCUT2D eigenvalue weighted by molar-refractivity contribution is 0.291. The number of allylic oxidation sites excluding steroid dienone is 4. The molecule has 12 heteroatoms. The Morgan fingerprint density at radius 2 is 2.07 bits per heavy atom. The average molecular weight is 448 g/mol. The Hall–Kier alpha value is -2.40. The molecule has 0 saturated heterocycles. The summed E-state index contributed by atoms with van der Waals surface area (Å²) < 4.78 is 68.8. The predicted octanol–water partition coefficient (Wildman–Crippen LogP) is 2.89. The van der Waals surface area contributed by atoms with E-state index in [0.29, 0.717) is 0 Å². The Morgan fingerprint density at radius 1 is 1.38 bits per heavy atom. The Bertz CT molecular complexity index is 1070. The quantitative estimate of drug-likeness (QED) is 0.767. The van der Waals surface area contributed by atoms with Crippen LogP contribution >= 0.6 is 11.6 Å². The zero-order valence-electron chi connectivity index (χ0n) is 15.4. The van der Waals surface area contributed by atoms with Gasteiger partial charge in [0.2, 0.25) is 16.0 Å². The molecular weight excluding hydrogens is 431 g/mol. The van der Waals surface area contributed by atoms with Crippen molar-refractivity contribution in [1.82, 2.24) is 14.3 Å². The summed E-state index contributed by atoms with van der Waals surface area (Å²) in [6, 6.07) is 0. The number of aromatic nitrogens is 2. The Labute approximate surface area is 170 Å². The molecule has 2 heterocycles. The van der Waals surface area contributed by atoms with E-state index in [1.54, 1.807) is 0 Å². The van der Waals surface area contributed by atoms with Crippen LogP contribution in [-0.4, -0.2) is 47.0 Å². The minimum Gasteiger partial charge on any atom is -0.369 e. The second kappa shape index (κ2) is 7.45. The molecule has 0 aromatic carbocycles. The van der Waals surface area contributed by atoms with Crippen LogP contribution in [0.2, 0.25) is 5.15 Å². The Kier molecular flexibility index (Phi) is 5.48. The summed E-state index contributed by atoms with van der Waals surface area (Å²) in [6.07, 6.45) is 3.87. The van der Waals surface area contributed by atoms with Crippen LogP contribution in [0.25, 0.3) is 5.83 Å². The minimum atomic E-state index is -3.87. The average Bonchev–Trinajstić information content (AvgIpc) is 2.62. The van der Waals surface area contributed by atoms with Crippen molar-refractivity contribution < 1.29 is 21.6 Å². The summed E-state index contributed by atoms with van der Waals surface area (Å²) in [6.45, 7) is 1.37. The third kappa shape index (κ3) is 4.15. The molecule has 1 aromatic heterocycles. The summed E-state index contributed by atoms with van der Waals surface area (Å²) in [5, 5.41) is 0.0707. The van der Waals surface area contributed by atoms with Crippen molar-refractivity contribution >= 4 is 33.4 Å². The van der Waals surface area contributed by atoms with Gasteiger partial charge in [0.25, 0.3) is 0 Å². The second-order valence-electron chi connectivity index (χ2n) is 6.94. The topological polar surface area (TPSA) is 102 Å². The van der Waals surface area contributed by atoms with E-state index in [1.807, 2.05) is 0 Å². The van der Waals surface area contributed by atoms with Crippen LogP contribution < -0.4 is 5.73 Å². The van der Waals surface area contributed by atoms with E-state index in [4.69, 9.17) is 17.3 Å². The first-order valence-corrected chi connectivity index (χ1v) is 10.3. The van der Waals surface area contributed by atoms with Crippen molar-refractivity contribution in [2.75, 3.05) is 12.8 Å². The summed E-state index contributed by atoms with van der Waals surface area (Å²) in [5.74, 6) is -5.42. The molecule has 0 bridgehead atoms. The van der Waals surface area contributed by atoms with Crippen LogP contribution in [0.15, 0.2) is 46.8 Å². The molecule has 2 aliphatic rings. The third-order valence-electron chi connectivity index (χ3n) is 4.80. The fourth-order valence-corrected chi connectivity index (χ4v) is 4.82. The first-order chi connectivity index (χ1) is 13.4. The maximum absolute atomic E-state index is 14.6. The van der Waals surface area contributed by atoms with Crippen molar-refractivity contribution in [1.29, 1.82) is 0 Å². The number of nitrogens with zero attached hydrogens (tertiary/aromatic N) is 4. The normalized spacial score (nSPS) is 27.6. The van der Waals surface area contributed by atoms with Crippen LogP contribution in [-0.2, 0) is 10.0 Å². The number of halogens is 4. The molecule has 2 atom stereocenters. The highest BCUT2D eigenvalue weighted by Crippen LogP contribution is 2.43. The molecule has 3 rings (SSSR count). The van der Waals surface area contributed by atoms with Crippen LogP contribution in [0.1, 0.15) is 19.0 Å². The van der Waals surface area contributed by atoms with E-state index in [-0.39, 0.29) is 28.8 Å². The SMILES string of the molecule is CN1C(N)=N[C@](C)(C2CC(/C=C(\F)c3cnc(Cl)cn3)=CC(F)=C2F)CS1(=O)=O. The fourth-order valence-electron chi connectivity index (χ4n) is 3.20. The van der Waals surface area contributed by atoms with Crippen molar-refractivity contribution in [2.45, 2.75) is 18.9 Å². The van der Waals surface area contributed by atoms with Gasteiger partial charge < -0.3 is 5.73 Å². The van der Waals surface area contributed by atoms with Gasteiger partial charge in [-0.1, -0.05) is 11.6 Å². The molecule has 2 N–H and O–H groups in total. The smallest absolute Gasteiger partial charge is 0.239 e. The van der Waals surface area contributed by atoms with E-state index < -0.39 is 44.7 Å². The van der Waals surface area contributed by atoms with Crippen LogP contribution in [0.3, 0.4) is 0 Å². The third-order valence-corrected chi connectivity index (χ3v) is 6.96. The van der Waals surface area contributed by atoms with Crippen molar-refractivity contribution in [3.63, 3.8) is 0 Å². The van der Waals surface area contributed by atoms with Gasteiger partial charge >= 0.3 is 0 Å². The number of rotatable bonds is 3. The van der Waals surface area contributed by atoms with Crippen molar-refractivity contribution in [3.05, 3.63) is 52.6 Å². The first kappa shape index (κ1) is 21.3. The van der Waals surface area contributed by atoms with E-state index in [2.05, 4.69) is 15.0 Å². The maximum Gasteiger partial charge on any atom is 0.239 e. The monoisotopic (exact) mass is 447 g/mol. The zero-order valence-corrected chi connectivity index (χ0v) is 17.0. The lowest BCUT2D eigenvalue weighted by Crippen LogP contribution is -2.54. The molecule has 0 amide bonds. The highest BCUT2D eigenvalue weighted by molar-refractivity contribution is 7.89. The molecule has 1 unspecified atom stereocenters. The van der Waals surface area contributed by atoms with Gasteiger partial charge in [0, 0.05) is 13.0 Å². The van der Waals surface area contributed by atoms with Gasteiger partial charge in [-0.05, 0) is 31.1 Å². The van der Waals surface area contributed by atoms with Gasteiger partial charge in [0.1, 0.15) is 16.7 Å². The van der Waals surface area contributed by atoms with Gasteiger partial charge in [0.15, 0.2) is 11.7 Å². The fraction of sp³-hybridized carbons (Fsp3) is 0.353. The van der Waals surface area contributed by atoms with E-state index >= 15 is 0 Å².